The lowest BCUT2D eigenvalue weighted by Gasteiger charge is -2.11. The fraction of sp³-hybridized carbons (Fsp3) is 0.250. The quantitative estimate of drug-likeness (QED) is 0.416. The summed E-state index contributed by atoms with van der Waals surface area (Å²) in [6.07, 6.45) is 2.37. The maximum Gasteiger partial charge on any atom is 0.252 e. The Morgan fingerprint density at radius 3 is 2.48 bits per heavy atom. The minimum absolute atomic E-state index is 0.205. The van der Waals surface area contributed by atoms with Gasteiger partial charge in [0.1, 0.15) is 0 Å². The predicted octanol–water partition coefficient (Wildman–Crippen LogP) is 3.07. The standard InChI is InChI=1S/C20H23ClN4O2/c1-25(2)16-11-9-15(10-12-16)14-23-24-19(26)8-5-13-22-20(27)17-6-3-4-7-18(17)21/h3-4,6-7,9-12,14H,5,8,13H2,1-2H3,(H,22,27)(H,24,26). The molecule has 2 amide bonds. The highest BCUT2D eigenvalue weighted by Crippen LogP contribution is 2.14. The van der Waals surface area contributed by atoms with E-state index in [2.05, 4.69) is 15.8 Å². The van der Waals surface area contributed by atoms with Gasteiger partial charge in [0, 0.05) is 32.7 Å². The summed E-state index contributed by atoms with van der Waals surface area (Å²) in [4.78, 5) is 25.8. The summed E-state index contributed by atoms with van der Waals surface area (Å²) in [6, 6.07) is 14.6. The summed E-state index contributed by atoms with van der Waals surface area (Å²) >= 11 is 5.97. The molecule has 0 fully saturated rings. The Hall–Kier alpha value is -2.86. The van der Waals surface area contributed by atoms with Crippen molar-refractivity contribution < 1.29 is 9.59 Å². The molecule has 7 heteroatoms. The molecule has 0 saturated carbocycles. The van der Waals surface area contributed by atoms with Gasteiger partial charge >= 0.3 is 0 Å². The molecule has 6 nitrogen and oxygen atoms in total. The van der Waals surface area contributed by atoms with Gasteiger partial charge in [-0.25, -0.2) is 5.43 Å². The maximum atomic E-state index is 12.0. The molecule has 0 atom stereocenters. The molecule has 2 rings (SSSR count). The van der Waals surface area contributed by atoms with Crippen molar-refractivity contribution in [3.8, 4) is 0 Å². The highest BCUT2D eigenvalue weighted by atomic mass is 35.5. The SMILES string of the molecule is CN(C)c1ccc(C=NNC(=O)CCCNC(=O)c2ccccc2Cl)cc1. The molecule has 0 bridgehead atoms. The minimum Gasteiger partial charge on any atom is -0.378 e. The van der Waals surface area contributed by atoms with E-state index in [1.54, 1.807) is 30.5 Å². The lowest BCUT2D eigenvalue weighted by molar-refractivity contribution is -0.121. The Bertz CT molecular complexity index is 804. The number of nitrogens with zero attached hydrogens (tertiary/aromatic N) is 2. The van der Waals surface area contributed by atoms with E-state index in [4.69, 9.17) is 11.6 Å². The van der Waals surface area contributed by atoms with Crippen molar-refractivity contribution in [2.45, 2.75) is 12.8 Å². The summed E-state index contributed by atoms with van der Waals surface area (Å²) in [5.41, 5.74) is 4.90. The van der Waals surface area contributed by atoms with Crippen LogP contribution in [0.2, 0.25) is 5.02 Å². The van der Waals surface area contributed by atoms with Gasteiger partial charge in [-0.2, -0.15) is 5.10 Å². The van der Waals surface area contributed by atoms with Crippen molar-refractivity contribution in [1.29, 1.82) is 0 Å². The lowest BCUT2D eigenvalue weighted by Crippen LogP contribution is -2.26. The number of hydrogen-bond acceptors (Lipinski definition) is 4. The molecule has 0 aliphatic heterocycles. The number of amides is 2. The van der Waals surface area contributed by atoms with Gasteiger partial charge in [-0.3, -0.25) is 9.59 Å². The second-order valence-electron chi connectivity index (χ2n) is 6.12. The number of carbonyl (C=O) groups excluding carboxylic acids is 2. The van der Waals surface area contributed by atoms with Gasteiger partial charge in [-0.1, -0.05) is 35.9 Å². The Balaban J connectivity index is 1.67. The largest absolute Gasteiger partial charge is 0.378 e. The molecule has 142 valence electrons. The fourth-order valence-corrected chi connectivity index (χ4v) is 2.51. The third-order valence-corrected chi connectivity index (χ3v) is 4.13. The number of rotatable bonds is 8. The van der Waals surface area contributed by atoms with Crippen LogP contribution < -0.4 is 15.6 Å². The Kier molecular flexibility index (Phi) is 7.82. The third-order valence-electron chi connectivity index (χ3n) is 3.80. The molecule has 0 unspecified atom stereocenters. The van der Waals surface area contributed by atoms with E-state index in [0.717, 1.165) is 11.3 Å². The number of carbonyl (C=O) groups is 2. The number of halogens is 1. The van der Waals surface area contributed by atoms with Crippen molar-refractivity contribution in [2.75, 3.05) is 25.5 Å². The van der Waals surface area contributed by atoms with E-state index in [1.165, 1.54) is 0 Å². The van der Waals surface area contributed by atoms with E-state index in [-0.39, 0.29) is 18.2 Å². The molecule has 2 aromatic rings. The Labute approximate surface area is 164 Å². The van der Waals surface area contributed by atoms with Gasteiger partial charge in [-0.05, 0) is 36.2 Å². The summed E-state index contributed by atoms with van der Waals surface area (Å²) in [5, 5.41) is 7.10. The Morgan fingerprint density at radius 1 is 1.11 bits per heavy atom. The number of benzene rings is 2. The molecule has 0 radical (unpaired) electrons. The highest BCUT2D eigenvalue weighted by molar-refractivity contribution is 6.33. The molecule has 0 saturated heterocycles. The number of hydrazone groups is 1. The van der Waals surface area contributed by atoms with Crippen LogP contribution in [0.3, 0.4) is 0 Å². The first-order valence-corrected chi connectivity index (χ1v) is 8.97. The molecule has 0 aliphatic rings. The van der Waals surface area contributed by atoms with Crippen LogP contribution >= 0.6 is 11.6 Å². The fourth-order valence-electron chi connectivity index (χ4n) is 2.28. The molecule has 27 heavy (non-hydrogen) atoms. The summed E-state index contributed by atoms with van der Waals surface area (Å²) in [7, 11) is 3.94. The average Bonchev–Trinajstić information content (AvgIpc) is 2.66. The van der Waals surface area contributed by atoms with Gasteiger partial charge in [0.2, 0.25) is 5.91 Å². The Morgan fingerprint density at radius 2 is 1.81 bits per heavy atom. The van der Waals surface area contributed by atoms with E-state index in [0.29, 0.717) is 23.6 Å². The van der Waals surface area contributed by atoms with Crippen molar-refractivity contribution >= 4 is 35.3 Å². The van der Waals surface area contributed by atoms with Gasteiger partial charge in [-0.15, -0.1) is 0 Å². The lowest BCUT2D eigenvalue weighted by atomic mass is 10.2. The molecule has 2 aromatic carbocycles. The van der Waals surface area contributed by atoms with Crippen molar-refractivity contribution in [2.24, 2.45) is 5.10 Å². The zero-order chi connectivity index (χ0) is 19.6. The molecule has 0 aromatic heterocycles. The smallest absolute Gasteiger partial charge is 0.252 e. The molecule has 2 N–H and O–H groups in total. The van der Waals surface area contributed by atoms with Crippen LogP contribution in [0.15, 0.2) is 53.6 Å². The van der Waals surface area contributed by atoms with Gasteiger partial charge < -0.3 is 10.2 Å². The van der Waals surface area contributed by atoms with E-state index in [9.17, 15) is 9.59 Å². The third kappa shape index (κ3) is 6.75. The summed E-state index contributed by atoms with van der Waals surface area (Å²) < 4.78 is 0. The second-order valence-corrected chi connectivity index (χ2v) is 6.53. The zero-order valence-electron chi connectivity index (χ0n) is 15.4. The molecular formula is C20H23ClN4O2. The maximum absolute atomic E-state index is 12.0. The molecular weight excluding hydrogens is 364 g/mol. The van der Waals surface area contributed by atoms with Crippen LogP contribution in [0.1, 0.15) is 28.8 Å². The number of anilines is 1. The monoisotopic (exact) mass is 386 g/mol. The summed E-state index contributed by atoms with van der Waals surface area (Å²) in [5.74, 6) is -0.455. The first-order valence-electron chi connectivity index (χ1n) is 8.59. The minimum atomic E-state index is -0.250. The molecule has 0 heterocycles. The number of nitrogens with one attached hydrogen (secondary N) is 2. The van der Waals surface area contributed by atoms with Crippen LogP contribution in [0.4, 0.5) is 5.69 Å². The van der Waals surface area contributed by atoms with Crippen LogP contribution in [0, 0.1) is 0 Å². The van der Waals surface area contributed by atoms with Crippen molar-refractivity contribution in [3.63, 3.8) is 0 Å². The van der Waals surface area contributed by atoms with E-state index < -0.39 is 0 Å². The topological polar surface area (TPSA) is 73.8 Å². The van der Waals surface area contributed by atoms with E-state index >= 15 is 0 Å². The van der Waals surface area contributed by atoms with Crippen LogP contribution in [0.5, 0.6) is 0 Å². The summed E-state index contributed by atoms with van der Waals surface area (Å²) in [6.45, 7) is 0.382. The van der Waals surface area contributed by atoms with Crippen LogP contribution in [-0.4, -0.2) is 38.7 Å². The first-order chi connectivity index (χ1) is 13.0. The van der Waals surface area contributed by atoms with Gasteiger partial charge in [0.25, 0.3) is 5.91 Å². The van der Waals surface area contributed by atoms with Crippen LogP contribution in [-0.2, 0) is 4.79 Å². The second kappa shape index (κ2) is 10.3. The van der Waals surface area contributed by atoms with Gasteiger partial charge in [0.15, 0.2) is 0 Å². The normalized spacial score (nSPS) is 10.6. The van der Waals surface area contributed by atoms with Gasteiger partial charge in [0.05, 0.1) is 16.8 Å². The van der Waals surface area contributed by atoms with Crippen LogP contribution in [0.25, 0.3) is 0 Å². The number of hydrogen-bond donors (Lipinski definition) is 2. The molecule has 0 spiro atoms. The average molecular weight is 387 g/mol. The van der Waals surface area contributed by atoms with Crippen molar-refractivity contribution in [1.82, 2.24) is 10.7 Å². The van der Waals surface area contributed by atoms with Crippen molar-refractivity contribution in [3.05, 3.63) is 64.7 Å². The molecule has 0 aliphatic carbocycles. The first kappa shape index (κ1) is 20.5. The highest BCUT2D eigenvalue weighted by Gasteiger charge is 2.08. The zero-order valence-corrected chi connectivity index (χ0v) is 16.2. The predicted molar refractivity (Wildman–Crippen MR) is 110 cm³/mol. The van der Waals surface area contributed by atoms with E-state index in [1.807, 2.05) is 43.3 Å².